The fourth-order valence-electron chi connectivity index (χ4n) is 2.81. The Labute approximate surface area is 166 Å². The molecule has 28 heavy (non-hydrogen) atoms. The topological polar surface area (TPSA) is 54.5 Å². The van der Waals surface area contributed by atoms with E-state index in [0.29, 0.717) is 31.1 Å². The summed E-state index contributed by atoms with van der Waals surface area (Å²) in [5, 5.41) is 3.24. The minimum Gasteiger partial charge on any atom is -0.489 e. The highest BCUT2D eigenvalue weighted by Crippen LogP contribution is 2.20. The molecule has 0 fully saturated rings. The van der Waals surface area contributed by atoms with Gasteiger partial charge in [0.1, 0.15) is 18.2 Å². The first kappa shape index (κ1) is 19.4. The van der Waals surface area contributed by atoms with Crippen LogP contribution in [-0.4, -0.2) is 28.9 Å². The molecule has 3 aromatic rings. The maximum atomic E-state index is 12.3. The standard InChI is InChI=1S/C23H25N3O2/c1-3-26(4-2)23(27)19-10-15-22(24-16-19)25-20-11-13-21(14-12-20)28-17-18-8-6-5-7-9-18/h5-16H,3-4,17H2,1-2H3,(H,24,25). The summed E-state index contributed by atoms with van der Waals surface area (Å²) in [6.07, 6.45) is 1.61. The Morgan fingerprint density at radius 3 is 2.29 bits per heavy atom. The molecule has 0 saturated carbocycles. The van der Waals surface area contributed by atoms with Crippen LogP contribution in [0, 0.1) is 0 Å². The molecule has 0 radical (unpaired) electrons. The van der Waals surface area contributed by atoms with Gasteiger partial charge in [0.05, 0.1) is 5.56 Å². The van der Waals surface area contributed by atoms with E-state index in [9.17, 15) is 4.79 Å². The van der Waals surface area contributed by atoms with Crippen molar-refractivity contribution in [3.8, 4) is 5.75 Å². The van der Waals surface area contributed by atoms with E-state index in [1.165, 1.54) is 0 Å². The van der Waals surface area contributed by atoms with Gasteiger partial charge in [-0.15, -0.1) is 0 Å². The first-order valence-electron chi connectivity index (χ1n) is 9.48. The number of rotatable bonds is 8. The maximum Gasteiger partial charge on any atom is 0.255 e. The van der Waals surface area contributed by atoms with E-state index in [2.05, 4.69) is 10.3 Å². The Morgan fingerprint density at radius 2 is 1.68 bits per heavy atom. The number of carbonyl (C=O) groups excluding carboxylic acids is 1. The summed E-state index contributed by atoms with van der Waals surface area (Å²) in [6.45, 7) is 5.86. The van der Waals surface area contributed by atoms with E-state index >= 15 is 0 Å². The van der Waals surface area contributed by atoms with Gasteiger partial charge in [0, 0.05) is 25.0 Å². The van der Waals surface area contributed by atoms with Crippen LogP contribution in [0.25, 0.3) is 0 Å². The summed E-state index contributed by atoms with van der Waals surface area (Å²) >= 11 is 0. The Hall–Kier alpha value is -3.34. The van der Waals surface area contributed by atoms with Crippen LogP contribution in [0.4, 0.5) is 11.5 Å². The zero-order chi connectivity index (χ0) is 19.8. The highest BCUT2D eigenvalue weighted by molar-refractivity contribution is 5.94. The van der Waals surface area contributed by atoms with Gasteiger partial charge >= 0.3 is 0 Å². The van der Waals surface area contributed by atoms with Crippen LogP contribution in [0.15, 0.2) is 72.9 Å². The second kappa shape index (κ2) is 9.55. The molecule has 5 heteroatoms. The summed E-state index contributed by atoms with van der Waals surface area (Å²) in [6, 6.07) is 21.4. The normalized spacial score (nSPS) is 10.4. The van der Waals surface area contributed by atoms with Crippen molar-refractivity contribution in [2.24, 2.45) is 0 Å². The smallest absolute Gasteiger partial charge is 0.255 e. The van der Waals surface area contributed by atoms with E-state index in [0.717, 1.165) is 17.0 Å². The average molecular weight is 375 g/mol. The predicted octanol–water partition coefficient (Wildman–Crippen LogP) is 4.89. The zero-order valence-corrected chi connectivity index (χ0v) is 16.3. The Kier molecular flexibility index (Phi) is 6.63. The average Bonchev–Trinajstić information content (AvgIpc) is 2.75. The van der Waals surface area contributed by atoms with E-state index in [4.69, 9.17) is 4.74 Å². The SMILES string of the molecule is CCN(CC)C(=O)c1ccc(Nc2ccc(OCc3ccccc3)cc2)nc1. The number of aromatic nitrogens is 1. The number of anilines is 2. The lowest BCUT2D eigenvalue weighted by Gasteiger charge is -2.18. The Morgan fingerprint density at radius 1 is 0.964 bits per heavy atom. The second-order valence-corrected chi connectivity index (χ2v) is 6.33. The molecule has 5 nitrogen and oxygen atoms in total. The number of benzene rings is 2. The fourth-order valence-corrected chi connectivity index (χ4v) is 2.81. The van der Waals surface area contributed by atoms with Gasteiger partial charge in [-0.25, -0.2) is 4.98 Å². The monoisotopic (exact) mass is 375 g/mol. The van der Waals surface area contributed by atoms with Crippen LogP contribution in [0.5, 0.6) is 5.75 Å². The summed E-state index contributed by atoms with van der Waals surface area (Å²) in [4.78, 5) is 18.5. The van der Waals surface area contributed by atoms with Crippen molar-refractivity contribution in [2.75, 3.05) is 18.4 Å². The molecule has 1 heterocycles. The molecular formula is C23H25N3O2. The van der Waals surface area contributed by atoms with Gasteiger partial charge in [-0.1, -0.05) is 30.3 Å². The van der Waals surface area contributed by atoms with E-state index in [-0.39, 0.29) is 5.91 Å². The largest absolute Gasteiger partial charge is 0.489 e. The number of nitrogens with zero attached hydrogens (tertiary/aromatic N) is 2. The van der Waals surface area contributed by atoms with Gasteiger partial charge < -0.3 is 15.0 Å². The molecule has 0 bridgehead atoms. The lowest BCUT2D eigenvalue weighted by molar-refractivity contribution is 0.0772. The number of amides is 1. The van der Waals surface area contributed by atoms with Crippen LogP contribution in [0.1, 0.15) is 29.8 Å². The molecule has 0 atom stereocenters. The predicted molar refractivity (Wildman–Crippen MR) is 112 cm³/mol. The fraction of sp³-hybridized carbons (Fsp3) is 0.217. The van der Waals surface area contributed by atoms with Crippen LogP contribution >= 0.6 is 0 Å². The third-order valence-electron chi connectivity index (χ3n) is 4.44. The third-order valence-corrected chi connectivity index (χ3v) is 4.44. The van der Waals surface area contributed by atoms with Crippen molar-refractivity contribution < 1.29 is 9.53 Å². The number of hydrogen-bond acceptors (Lipinski definition) is 4. The number of nitrogens with one attached hydrogen (secondary N) is 1. The van der Waals surface area contributed by atoms with Gasteiger partial charge in [0.25, 0.3) is 5.91 Å². The molecule has 0 spiro atoms. The summed E-state index contributed by atoms with van der Waals surface area (Å²) < 4.78 is 5.80. The highest BCUT2D eigenvalue weighted by Gasteiger charge is 2.12. The molecule has 0 aliphatic rings. The van der Waals surface area contributed by atoms with Crippen LogP contribution < -0.4 is 10.1 Å². The summed E-state index contributed by atoms with van der Waals surface area (Å²) in [5.74, 6) is 1.50. The van der Waals surface area contributed by atoms with Gasteiger partial charge in [-0.05, 0) is 55.8 Å². The van der Waals surface area contributed by atoms with Crippen molar-refractivity contribution >= 4 is 17.4 Å². The number of carbonyl (C=O) groups is 1. The van der Waals surface area contributed by atoms with E-state index in [1.807, 2.05) is 74.5 Å². The summed E-state index contributed by atoms with van der Waals surface area (Å²) in [7, 11) is 0. The first-order valence-corrected chi connectivity index (χ1v) is 9.48. The van der Waals surface area contributed by atoms with Gasteiger partial charge in [0.15, 0.2) is 0 Å². The number of pyridine rings is 1. The van der Waals surface area contributed by atoms with Gasteiger partial charge in [-0.2, -0.15) is 0 Å². The lowest BCUT2D eigenvalue weighted by Crippen LogP contribution is -2.30. The molecule has 1 amide bonds. The van der Waals surface area contributed by atoms with Gasteiger partial charge in [-0.3, -0.25) is 4.79 Å². The molecule has 2 aromatic carbocycles. The van der Waals surface area contributed by atoms with Crippen molar-refractivity contribution in [3.05, 3.63) is 84.1 Å². The third kappa shape index (κ3) is 5.10. The highest BCUT2D eigenvalue weighted by atomic mass is 16.5. The molecule has 0 saturated heterocycles. The maximum absolute atomic E-state index is 12.3. The van der Waals surface area contributed by atoms with Crippen molar-refractivity contribution in [1.82, 2.24) is 9.88 Å². The molecule has 1 aromatic heterocycles. The lowest BCUT2D eigenvalue weighted by atomic mass is 10.2. The van der Waals surface area contributed by atoms with Crippen LogP contribution in [0.3, 0.4) is 0 Å². The molecule has 0 aliphatic heterocycles. The van der Waals surface area contributed by atoms with Crippen LogP contribution in [0.2, 0.25) is 0 Å². The number of ether oxygens (including phenoxy) is 1. The molecule has 3 rings (SSSR count). The molecule has 0 unspecified atom stereocenters. The Balaban J connectivity index is 1.57. The van der Waals surface area contributed by atoms with Crippen molar-refractivity contribution in [2.45, 2.75) is 20.5 Å². The summed E-state index contributed by atoms with van der Waals surface area (Å²) in [5.41, 5.74) is 2.63. The van der Waals surface area contributed by atoms with Gasteiger partial charge in [0.2, 0.25) is 0 Å². The quantitative estimate of drug-likeness (QED) is 0.609. The minimum absolute atomic E-state index is 0.00367. The zero-order valence-electron chi connectivity index (χ0n) is 16.3. The first-order chi connectivity index (χ1) is 13.7. The van der Waals surface area contributed by atoms with Crippen LogP contribution in [-0.2, 0) is 6.61 Å². The minimum atomic E-state index is 0.00367. The molecule has 144 valence electrons. The van der Waals surface area contributed by atoms with E-state index in [1.54, 1.807) is 17.2 Å². The number of hydrogen-bond donors (Lipinski definition) is 1. The van der Waals surface area contributed by atoms with Crippen molar-refractivity contribution in [1.29, 1.82) is 0 Å². The van der Waals surface area contributed by atoms with Crippen molar-refractivity contribution in [3.63, 3.8) is 0 Å². The Bertz CT molecular complexity index is 874. The van der Waals surface area contributed by atoms with E-state index < -0.39 is 0 Å². The molecular weight excluding hydrogens is 350 g/mol. The molecule has 0 aliphatic carbocycles. The second-order valence-electron chi connectivity index (χ2n) is 6.33. The molecule has 1 N–H and O–H groups in total.